The van der Waals surface area contributed by atoms with Crippen LogP contribution in [0.3, 0.4) is 0 Å². The number of aromatic nitrogens is 4. The van der Waals surface area contributed by atoms with E-state index >= 15 is 0 Å². The van der Waals surface area contributed by atoms with E-state index in [9.17, 15) is 14.9 Å². The van der Waals surface area contributed by atoms with E-state index in [1.165, 1.54) is 11.6 Å². The van der Waals surface area contributed by atoms with Gasteiger partial charge in [-0.05, 0) is 18.6 Å². The highest BCUT2D eigenvalue weighted by Crippen LogP contribution is 2.22. The standard InChI is InChI=1S/C16H14Cl2N6O3/c1-10-14(24(26)27)6-19-23(10)9-15(25)20-16-13(18)8-22(21-16)7-11-4-2-3-5-12(11)17/h2-6,8H,7,9H2,1H3,(H,20,21,25). The van der Waals surface area contributed by atoms with Gasteiger partial charge in [0, 0.05) is 11.2 Å². The second-order valence-corrected chi connectivity index (χ2v) is 6.51. The van der Waals surface area contributed by atoms with Crippen LogP contribution >= 0.6 is 23.2 Å². The van der Waals surface area contributed by atoms with Crippen LogP contribution in [-0.2, 0) is 17.9 Å². The number of rotatable bonds is 6. The molecule has 0 atom stereocenters. The van der Waals surface area contributed by atoms with E-state index in [1.807, 2.05) is 18.2 Å². The second kappa shape index (κ2) is 7.77. The lowest BCUT2D eigenvalue weighted by Crippen LogP contribution is -2.21. The van der Waals surface area contributed by atoms with Gasteiger partial charge in [-0.25, -0.2) is 0 Å². The molecule has 0 unspecified atom stereocenters. The van der Waals surface area contributed by atoms with Crippen molar-refractivity contribution in [1.82, 2.24) is 19.6 Å². The third-order valence-electron chi connectivity index (χ3n) is 3.83. The lowest BCUT2D eigenvalue weighted by Gasteiger charge is -2.05. The predicted octanol–water partition coefficient (Wildman–Crippen LogP) is 3.29. The van der Waals surface area contributed by atoms with Crippen molar-refractivity contribution in [3.05, 3.63) is 68.1 Å². The number of benzene rings is 1. The lowest BCUT2D eigenvalue weighted by molar-refractivity contribution is -0.385. The van der Waals surface area contributed by atoms with Gasteiger partial charge in [-0.3, -0.25) is 24.3 Å². The average molecular weight is 409 g/mol. The molecule has 11 heteroatoms. The van der Waals surface area contributed by atoms with Gasteiger partial charge >= 0.3 is 5.69 Å². The summed E-state index contributed by atoms with van der Waals surface area (Å²) in [7, 11) is 0. The fourth-order valence-corrected chi connectivity index (χ4v) is 2.84. The summed E-state index contributed by atoms with van der Waals surface area (Å²) in [4.78, 5) is 22.5. The molecule has 0 fully saturated rings. The maximum Gasteiger partial charge on any atom is 0.309 e. The van der Waals surface area contributed by atoms with Gasteiger partial charge in [0.05, 0.1) is 11.5 Å². The Morgan fingerprint density at radius 2 is 2.04 bits per heavy atom. The average Bonchev–Trinajstić information content (AvgIpc) is 3.13. The minimum atomic E-state index is -0.552. The number of carbonyl (C=O) groups is 1. The van der Waals surface area contributed by atoms with Gasteiger partial charge in [-0.1, -0.05) is 41.4 Å². The Hall–Kier alpha value is -2.91. The third kappa shape index (κ3) is 4.26. The topological polar surface area (TPSA) is 108 Å². The molecule has 0 bridgehead atoms. The van der Waals surface area contributed by atoms with Crippen molar-refractivity contribution in [2.24, 2.45) is 0 Å². The van der Waals surface area contributed by atoms with Gasteiger partial charge in [-0.2, -0.15) is 10.2 Å². The summed E-state index contributed by atoms with van der Waals surface area (Å²) in [5, 5.41) is 22.4. The SMILES string of the molecule is Cc1c([N+](=O)[O-])cnn1CC(=O)Nc1nn(Cc2ccccc2Cl)cc1Cl. The van der Waals surface area contributed by atoms with Crippen LogP contribution in [0.2, 0.25) is 10.0 Å². The molecule has 1 amide bonds. The van der Waals surface area contributed by atoms with Crippen LogP contribution in [0.1, 0.15) is 11.3 Å². The molecule has 1 N–H and O–H groups in total. The molecule has 0 aliphatic heterocycles. The molecule has 3 aromatic rings. The van der Waals surface area contributed by atoms with E-state index in [4.69, 9.17) is 23.2 Å². The predicted molar refractivity (Wildman–Crippen MR) is 100 cm³/mol. The zero-order valence-corrected chi connectivity index (χ0v) is 15.6. The van der Waals surface area contributed by atoms with Crippen molar-refractivity contribution in [2.75, 3.05) is 5.32 Å². The van der Waals surface area contributed by atoms with E-state index in [0.29, 0.717) is 11.6 Å². The number of hydrogen-bond donors (Lipinski definition) is 1. The van der Waals surface area contributed by atoms with E-state index in [1.54, 1.807) is 16.9 Å². The Kier molecular flexibility index (Phi) is 5.43. The van der Waals surface area contributed by atoms with Crippen molar-refractivity contribution in [3.8, 4) is 0 Å². The minimum Gasteiger partial charge on any atom is -0.306 e. The van der Waals surface area contributed by atoms with Crippen molar-refractivity contribution in [3.63, 3.8) is 0 Å². The number of carbonyl (C=O) groups excluding carboxylic acids is 1. The summed E-state index contributed by atoms with van der Waals surface area (Å²) in [6.07, 6.45) is 2.68. The molecule has 3 rings (SSSR count). The van der Waals surface area contributed by atoms with Gasteiger partial charge in [0.2, 0.25) is 5.91 Å². The maximum atomic E-state index is 12.2. The van der Waals surface area contributed by atoms with Gasteiger partial charge in [-0.15, -0.1) is 0 Å². The third-order valence-corrected chi connectivity index (χ3v) is 4.48. The summed E-state index contributed by atoms with van der Waals surface area (Å²) in [6, 6.07) is 7.33. The number of nitrogens with zero attached hydrogens (tertiary/aromatic N) is 5. The number of nitrogens with one attached hydrogen (secondary N) is 1. The smallest absolute Gasteiger partial charge is 0.306 e. The molecule has 0 aliphatic carbocycles. The monoisotopic (exact) mass is 408 g/mol. The second-order valence-electron chi connectivity index (χ2n) is 5.69. The molecule has 1 aromatic carbocycles. The van der Waals surface area contributed by atoms with Crippen molar-refractivity contribution in [1.29, 1.82) is 0 Å². The first kappa shape index (κ1) is 18.9. The van der Waals surface area contributed by atoms with Gasteiger partial charge in [0.1, 0.15) is 23.5 Å². The van der Waals surface area contributed by atoms with Crippen LogP contribution in [0.15, 0.2) is 36.7 Å². The molecule has 140 valence electrons. The van der Waals surface area contributed by atoms with Crippen molar-refractivity contribution in [2.45, 2.75) is 20.0 Å². The maximum absolute atomic E-state index is 12.2. The molecule has 0 radical (unpaired) electrons. The number of halogens is 2. The summed E-state index contributed by atoms with van der Waals surface area (Å²) in [5.41, 5.74) is 0.992. The molecule has 2 aromatic heterocycles. The largest absolute Gasteiger partial charge is 0.309 e. The first-order valence-electron chi connectivity index (χ1n) is 7.78. The fourth-order valence-electron chi connectivity index (χ4n) is 2.45. The van der Waals surface area contributed by atoms with E-state index in [2.05, 4.69) is 15.5 Å². The Balaban J connectivity index is 1.69. The zero-order valence-electron chi connectivity index (χ0n) is 14.1. The summed E-state index contributed by atoms with van der Waals surface area (Å²) < 4.78 is 2.80. The molecule has 0 saturated heterocycles. The molecule has 2 heterocycles. The Morgan fingerprint density at radius 3 is 2.70 bits per heavy atom. The highest BCUT2D eigenvalue weighted by molar-refractivity contribution is 6.33. The van der Waals surface area contributed by atoms with Crippen LogP contribution in [-0.4, -0.2) is 30.4 Å². The number of nitro groups is 1. The number of anilines is 1. The molecule has 27 heavy (non-hydrogen) atoms. The van der Waals surface area contributed by atoms with Gasteiger partial charge in [0.25, 0.3) is 0 Å². The van der Waals surface area contributed by atoms with E-state index in [-0.39, 0.29) is 28.8 Å². The Bertz CT molecular complexity index is 1010. The quantitative estimate of drug-likeness (QED) is 0.497. The minimum absolute atomic E-state index is 0.148. The van der Waals surface area contributed by atoms with Crippen LogP contribution in [0.25, 0.3) is 0 Å². The van der Waals surface area contributed by atoms with Crippen LogP contribution in [0.5, 0.6) is 0 Å². The van der Waals surface area contributed by atoms with E-state index < -0.39 is 10.8 Å². The summed E-state index contributed by atoms with van der Waals surface area (Å²) in [6.45, 7) is 1.71. The van der Waals surface area contributed by atoms with Crippen molar-refractivity contribution >= 4 is 40.6 Å². The van der Waals surface area contributed by atoms with Crippen molar-refractivity contribution < 1.29 is 9.72 Å². The van der Waals surface area contributed by atoms with E-state index in [0.717, 1.165) is 11.8 Å². The molecular formula is C16H14Cl2N6O3. The normalized spacial score (nSPS) is 10.8. The van der Waals surface area contributed by atoms with Crippen LogP contribution < -0.4 is 5.32 Å². The Morgan fingerprint density at radius 1 is 1.30 bits per heavy atom. The molecule has 0 saturated carbocycles. The van der Waals surface area contributed by atoms with Crippen LogP contribution in [0, 0.1) is 17.0 Å². The van der Waals surface area contributed by atoms with Gasteiger partial charge < -0.3 is 5.32 Å². The van der Waals surface area contributed by atoms with Gasteiger partial charge in [0.15, 0.2) is 5.82 Å². The molecule has 0 aliphatic rings. The molecular weight excluding hydrogens is 395 g/mol. The zero-order chi connectivity index (χ0) is 19.6. The number of amides is 1. The molecule has 0 spiro atoms. The first-order chi connectivity index (χ1) is 12.8. The summed E-state index contributed by atoms with van der Waals surface area (Å²) >= 11 is 12.3. The molecule has 9 nitrogen and oxygen atoms in total. The van der Waals surface area contributed by atoms with Crippen LogP contribution in [0.4, 0.5) is 11.5 Å². The Labute approximate surface area is 163 Å². The fraction of sp³-hybridized carbons (Fsp3) is 0.188. The lowest BCUT2D eigenvalue weighted by atomic mass is 10.2. The highest BCUT2D eigenvalue weighted by atomic mass is 35.5. The summed E-state index contributed by atoms with van der Waals surface area (Å²) in [5.74, 6) is -0.269. The highest BCUT2D eigenvalue weighted by Gasteiger charge is 2.19. The number of hydrogen-bond acceptors (Lipinski definition) is 5. The first-order valence-corrected chi connectivity index (χ1v) is 8.53.